The zero-order valence-corrected chi connectivity index (χ0v) is 10.9. The predicted molar refractivity (Wildman–Crippen MR) is 69.2 cm³/mol. The van der Waals surface area contributed by atoms with Gasteiger partial charge in [0.1, 0.15) is 0 Å². The molecule has 0 spiro atoms. The highest BCUT2D eigenvalue weighted by atomic mass is 19.2. The fourth-order valence-corrected chi connectivity index (χ4v) is 1.71. The van der Waals surface area contributed by atoms with E-state index >= 15 is 0 Å². The number of nitrogens with one attached hydrogen (secondary N) is 1. The number of carboxylic acid groups (broad SMARTS) is 1. The van der Waals surface area contributed by atoms with Crippen LogP contribution in [0, 0.1) is 11.6 Å². The Morgan fingerprint density at radius 2 is 1.90 bits per heavy atom. The van der Waals surface area contributed by atoms with E-state index in [0.29, 0.717) is 24.4 Å². The molecule has 0 unspecified atom stereocenters. The van der Waals surface area contributed by atoms with E-state index in [9.17, 15) is 18.4 Å². The summed E-state index contributed by atoms with van der Waals surface area (Å²) < 4.78 is 27.8. The third kappa shape index (κ3) is 3.04. The van der Waals surface area contributed by atoms with Gasteiger partial charge in [0.15, 0.2) is 11.6 Å². The molecule has 0 fully saturated rings. The minimum absolute atomic E-state index is 0.322. The van der Waals surface area contributed by atoms with E-state index in [4.69, 9.17) is 5.11 Å². The van der Waals surface area contributed by atoms with Gasteiger partial charge >= 0.3 is 5.97 Å². The summed E-state index contributed by atoms with van der Waals surface area (Å²) in [5.41, 5.74) is -0.761. The van der Waals surface area contributed by atoms with Crippen LogP contribution in [0.25, 0.3) is 0 Å². The van der Waals surface area contributed by atoms with Crippen LogP contribution in [-0.4, -0.2) is 26.8 Å². The molecule has 0 aliphatic heterocycles. The molecule has 0 bridgehead atoms. The van der Waals surface area contributed by atoms with Gasteiger partial charge in [-0.05, 0) is 19.1 Å². The van der Waals surface area contributed by atoms with Crippen LogP contribution < -0.4 is 5.32 Å². The molecular formula is C13H11F2N3O3. The third-order valence-electron chi connectivity index (χ3n) is 2.75. The number of rotatable bonds is 4. The molecule has 2 aromatic rings. The number of aromatic carboxylic acids is 1. The minimum Gasteiger partial charge on any atom is -0.478 e. The first-order valence-corrected chi connectivity index (χ1v) is 5.98. The van der Waals surface area contributed by atoms with E-state index in [1.807, 2.05) is 6.92 Å². The van der Waals surface area contributed by atoms with Gasteiger partial charge in [0, 0.05) is 12.7 Å². The van der Waals surface area contributed by atoms with E-state index in [-0.39, 0.29) is 0 Å². The molecular weight excluding hydrogens is 284 g/mol. The predicted octanol–water partition coefficient (Wildman–Crippen LogP) is 2.13. The maximum atomic E-state index is 13.2. The third-order valence-corrected chi connectivity index (χ3v) is 2.75. The van der Waals surface area contributed by atoms with Crippen LogP contribution in [0.2, 0.25) is 0 Å². The van der Waals surface area contributed by atoms with Gasteiger partial charge in [-0.2, -0.15) is 5.10 Å². The summed E-state index contributed by atoms with van der Waals surface area (Å²) in [6, 6.07) is 1.03. The maximum Gasteiger partial charge on any atom is 0.336 e. The Morgan fingerprint density at radius 1 is 1.29 bits per heavy atom. The number of carboxylic acids is 1. The van der Waals surface area contributed by atoms with Crippen molar-refractivity contribution in [2.45, 2.75) is 13.5 Å². The minimum atomic E-state index is -1.52. The van der Waals surface area contributed by atoms with Crippen molar-refractivity contribution in [1.82, 2.24) is 9.78 Å². The Labute approximate surface area is 118 Å². The lowest BCUT2D eigenvalue weighted by Crippen LogP contribution is -2.17. The van der Waals surface area contributed by atoms with Crippen LogP contribution >= 0.6 is 0 Å². The Balaban J connectivity index is 2.34. The smallest absolute Gasteiger partial charge is 0.336 e. The molecule has 0 atom stereocenters. The molecule has 6 nitrogen and oxygen atoms in total. The van der Waals surface area contributed by atoms with Crippen molar-refractivity contribution in [2.24, 2.45) is 0 Å². The molecule has 21 heavy (non-hydrogen) atoms. The van der Waals surface area contributed by atoms with Crippen LogP contribution in [0.5, 0.6) is 0 Å². The number of halogens is 2. The lowest BCUT2D eigenvalue weighted by molar-refractivity contribution is 0.0691. The van der Waals surface area contributed by atoms with Crippen LogP contribution in [0.3, 0.4) is 0 Å². The fraction of sp³-hybridized carbons (Fsp3) is 0.154. The van der Waals surface area contributed by atoms with E-state index in [1.165, 1.54) is 12.4 Å². The molecule has 2 rings (SSSR count). The number of carbonyl (C=O) groups excluding carboxylic acids is 1. The molecule has 1 aromatic heterocycles. The molecule has 1 aromatic carbocycles. The number of carbonyl (C=O) groups is 2. The molecule has 1 amide bonds. The summed E-state index contributed by atoms with van der Waals surface area (Å²) in [5, 5.41) is 15.3. The second-order valence-corrected chi connectivity index (χ2v) is 4.16. The Bertz CT molecular complexity index is 713. The Kier molecular flexibility index (Phi) is 3.97. The SMILES string of the molecule is CCn1cc(NC(=O)c2cc(F)c(F)cc2C(=O)O)cn1. The quantitative estimate of drug-likeness (QED) is 0.905. The lowest BCUT2D eigenvalue weighted by Gasteiger charge is -2.07. The number of hydrogen-bond acceptors (Lipinski definition) is 3. The molecule has 8 heteroatoms. The highest BCUT2D eigenvalue weighted by molar-refractivity contribution is 6.10. The summed E-state index contributed by atoms with van der Waals surface area (Å²) in [6.45, 7) is 2.43. The maximum absolute atomic E-state index is 13.2. The van der Waals surface area contributed by atoms with E-state index in [2.05, 4.69) is 10.4 Å². The molecule has 0 saturated carbocycles. The summed E-state index contributed by atoms with van der Waals surface area (Å²) in [5.74, 6) is -5.01. The van der Waals surface area contributed by atoms with Crippen molar-refractivity contribution in [3.8, 4) is 0 Å². The number of nitrogens with zero attached hydrogens (tertiary/aromatic N) is 2. The number of anilines is 1. The van der Waals surface area contributed by atoms with Gasteiger partial charge < -0.3 is 10.4 Å². The zero-order chi connectivity index (χ0) is 15.6. The average Bonchev–Trinajstić information content (AvgIpc) is 2.88. The second-order valence-electron chi connectivity index (χ2n) is 4.16. The molecule has 0 aliphatic carbocycles. The number of benzene rings is 1. The van der Waals surface area contributed by atoms with Crippen molar-refractivity contribution in [3.05, 3.63) is 47.3 Å². The van der Waals surface area contributed by atoms with E-state index in [0.717, 1.165) is 0 Å². The van der Waals surface area contributed by atoms with Gasteiger partial charge in [0.05, 0.1) is 23.0 Å². The van der Waals surface area contributed by atoms with Crippen molar-refractivity contribution >= 4 is 17.6 Å². The van der Waals surface area contributed by atoms with Gasteiger partial charge in [-0.15, -0.1) is 0 Å². The Morgan fingerprint density at radius 3 is 2.43 bits per heavy atom. The molecule has 2 N–H and O–H groups in total. The van der Waals surface area contributed by atoms with E-state index in [1.54, 1.807) is 4.68 Å². The lowest BCUT2D eigenvalue weighted by atomic mass is 10.1. The first kappa shape index (κ1) is 14.6. The molecule has 110 valence electrons. The second kappa shape index (κ2) is 5.70. The van der Waals surface area contributed by atoms with Crippen molar-refractivity contribution in [3.63, 3.8) is 0 Å². The van der Waals surface area contributed by atoms with Crippen LogP contribution in [0.15, 0.2) is 24.5 Å². The fourth-order valence-electron chi connectivity index (χ4n) is 1.71. The first-order chi connectivity index (χ1) is 9.92. The van der Waals surface area contributed by atoms with Crippen LogP contribution in [-0.2, 0) is 6.54 Å². The summed E-state index contributed by atoms with van der Waals surface area (Å²) in [7, 11) is 0. The van der Waals surface area contributed by atoms with Crippen molar-refractivity contribution in [1.29, 1.82) is 0 Å². The number of aryl methyl sites for hydroxylation is 1. The van der Waals surface area contributed by atoms with Gasteiger partial charge in [0.25, 0.3) is 5.91 Å². The van der Waals surface area contributed by atoms with Crippen LogP contribution in [0.1, 0.15) is 27.6 Å². The largest absolute Gasteiger partial charge is 0.478 e. The van der Waals surface area contributed by atoms with Gasteiger partial charge in [-0.1, -0.05) is 0 Å². The summed E-state index contributed by atoms with van der Waals surface area (Å²) >= 11 is 0. The van der Waals surface area contributed by atoms with Crippen molar-refractivity contribution in [2.75, 3.05) is 5.32 Å². The molecule has 0 saturated heterocycles. The Hall–Kier alpha value is -2.77. The van der Waals surface area contributed by atoms with E-state index < -0.39 is 34.6 Å². The monoisotopic (exact) mass is 295 g/mol. The highest BCUT2D eigenvalue weighted by Crippen LogP contribution is 2.17. The normalized spacial score (nSPS) is 10.4. The molecule has 0 radical (unpaired) electrons. The van der Waals surface area contributed by atoms with Gasteiger partial charge in [0.2, 0.25) is 0 Å². The summed E-state index contributed by atoms with van der Waals surface area (Å²) in [4.78, 5) is 23.0. The number of aromatic nitrogens is 2. The molecule has 0 aliphatic rings. The standard InChI is InChI=1S/C13H11F2N3O3/c1-2-18-6-7(5-16-18)17-12(19)8-3-10(14)11(15)4-9(8)13(20)21/h3-6H,2H2,1H3,(H,17,19)(H,20,21). The topological polar surface area (TPSA) is 84.2 Å². The number of amides is 1. The molecule has 1 heterocycles. The van der Waals surface area contributed by atoms with Gasteiger partial charge in [-0.3, -0.25) is 9.48 Å². The van der Waals surface area contributed by atoms with Crippen LogP contribution in [0.4, 0.5) is 14.5 Å². The first-order valence-electron chi connectivity index (χ1n) is 5.98. The highest BCUT2D eigenvalue weighted by Gasteiger charge is 2.20. The number of hydrogen-bond donors (Lipinski definition) is 2. The average molecular weight is 295 g/mol. The van der Waals surface area contributed by atoms with Crippen molar-refractivity contribution < 1.29 is 23.5 Å². The summed E-state index contributed by atoms with van der Waals surface area (Å²) in [6.07, 6.45) is 2.89. The zero-order valence-electron chi connectivity index (χ0n) is 10.9. The van der Waals surface area contributed by atoms with Gasteiger partial charge in [-0.25, -0.2) is 13.6 Å².